The fourth-order valence-electron chi connectivity index (χ4n) is 2.70. The van der Waals surface area contributed by atoms with Crippen LogP contribution in [0.1, 0.15) is 37.9 Å². The van der Waals surface area contributed by atoms with Gasteiger partial charge in [-0.05, 0) is 25.7 Å². The average molecular weight is 279 g/mol. The molecule has 1 saturated carbocycles. The van der Waals surface area contributed by atoms with E-state index in [4.69, 9.17) is 5.11 Å². The third-order valence-electron chi connectivity index (χ3n) is 3.84. The number of aliphatic carboxylic acids is 1. The molecule has 2 unspecified atom stereocenters. The van der Waals surface area contributed by atoms with E-state index in [2.05, 4.69) is 15.3 Å². The van der Waals surface area contributed by atoms with Gasteiger partial charge in [0, 0.05) is 31.3 Å². The number of aromatic amines is 1. The molecule has 2 atom stereocenters. The van der Waals surface area contributed by atoms with E-state index >= 15 is 0 Å². The molecule has 3 N–H and O–H groups in total. The molecule has 0 saturated heterocycles. The highest BCUT2D eigenvalue weighted by molar-refractivity contribution is 5.80. The molecule has 0 aliphatic heterocycles. The Morgan fingerprint density at radius 2 is 2.20 bits per heavy atom. The van der Waals surface area contributed by atoms with Gasteiger partial charge in [-0.3, -0.25) is 9.59 Å². The largest absolute Gasteiger partial charge is 0.481 e. The number of amides is 1. The second-order valence-corrected chi connectivity index (χ2v) is 5.33. The molecule has 20 heavy (non-hydrogen) atoms. The molecular formula is C14H21N3O3. The van der Waals surface area contributed by atoms with Gasteiger partial charge >= 0.3 is 5.97 Å². The van der Waals surface area contributed by atoms with Crippen molar-refractivity contribution < 1.29 is 14.7 Å². The number of aryl methyl sites for hydroxylation is 1. The molecule has 1 aromatic rings. The van der Waals surface area contributed by atoms with E-state index in [1.165, 1.54) is 0 Å². The van der Waals surface area contributed by atoms with E-state index in [1.807, 2.05) is 0 Å². The fraction of sp³-hybridized carbons (Fsp3) is 0.643. The molecule has 0 bridgehead atoms. The minimum atomic E-state index is -0.777. The molecule has 1 amide bonds. The first kappa shape index (κ1) is 14.6. The molecule has 2 rings (SSSR count). The number of carboxylic acid groups (broad SMARTS) is 1. The van der Waals surface area contributed by atoms with Crippen LogP contribution in [-0.2, 0) is 16.0 Å². The van der Waals surface area contributed by atoms with Gasteiger partial charge in [0.1, 0.15) is 5.82 Å². The summed E-state index contributed by atoms with van der Waals surface area (Å²) in [5.74, 6) is -0.366. The number of nitrogens with one attached hydrogen (secondary N) is 2. The summed E-state index contributed by atoms with van der Waals surface area (Å²) in [6, 6.07) is 0. The van der Waals surface area contributed by atoms with Crippen LogP contribution >= 0.6 is 0 Å². The summed E-state index contributed by atoms with van der Waals surface area (Å²) in [7, 11) is 0. The molecule has 1 fully saturated rings. The zero-order valence-corrected chi connectivity index (χ0v) is 11.5. The molecule has 0 radical (unpaired) electrons. The van der Waals surface area contributed by atoms with Gasteiger partial charge < -0.3 is 15.4 Å². The molecule has 110 valence electrons. The Morgan fingerprint density at radius 1 is 1.40 bits per heavy atom. The maximum atomic E-state index is 12.0. The van der Waals surface area contributed by atoms with Crippen molar-refractivity contribution in [2.45, 2.75) is 38.5 Å². The number of hydrogen-bond donors (Lipinski definition) is 3. The number of rotatable bonds is 6. The first-order chi connectivity index (χ1) is 9.66. The fourth-order valence-corrected chi connectivity index (χ4v) is 2.70. The zero-order valence-electron chi connectivity index (χ0n) is 11.5. The zero-order chi connectivity index (χ0) is 14.4. The number of hydrogen-bond acceptors (Lipinski definition) is 3. The van der Waals surface area contributed by atoms with Crippen molar-refractivity contribution in [3.8, 4) is 0 Å². The minimum absolute atomic E-state index is 0.00426. The maximum Gasteiger partial charge on any atom is 0.306 e. The molecular weight excluding hydrogens is 258 g/mol. The summed E-state index contributed by atoms with van der Waals surface area (Å²) in [5.41, 5.74) is 0. The van der Waals surface area contributed by atoms with Crippen molar-refractivity contribution in [3.05, 3.63) is 18.2 Å². The number of imidazole rings is 1. The highest BCUT2D eigenvalue weighted by Crippen LogP contribution is 2.29. The third-order valence-corrected chi connectivity index (χ3v) is 3.84. The molecule has 0 spiro atoms. The highest BCUT2D eigenvalue weighted by Gasteiger charge is 2.30. The molecule has 1 aliphatic carbocycles. The summed E-state index contributed by atoms with van der Waals surface area (Å²) < 4.78 is 0. The Balaban J connectivity index is 1.67. The van der Waals surface area contributed by atoms with Crippen LogP contribution in [0, 0.1) is 11.8 Å². The second kappa shape index (κ2) is 7.07. The summed E-state index contributed by atoms with van der Waals surface area (Å²) in [6.07, 6.45) is 7.90. The third kappa shape index (κ3) is 4.08. The van der Waals surface area contributed by atoms with Crippen molar-refractivity contribution in [2.75, 3.05) is 6.54 Å². The van der Waals surface area contributed by atoms with E-state index in [-0.39, 0.29) is 17.7 Å². The van der Waals surface area contributed by atoms with Crippen LogP contribution in [-0.4, -0.2) is 33.5 Å². The van der Waals surface area contributed by atoms with Crippen LogP contribution in [0.4, 0.5) is 0 Å². The second-order valence-electron chi connectivity index (χ2n) is 5.33. The number of H-pyrrole nitrogens is 1. The Kier molecular flexibility index (Phi) is 5.15. The Morgan fingerprint density at radius 3 is 2.90 bits per heavy atom. The standard InChI is InChI=1S/C14H21N3O3/c18-13(10-3-1-4-11(9-10)14(19)20)17-6-2-5-12-15-7-8-16-12/h7-8,10-11H,1-6,9H2,(H,15,16)(H,17,18)(H,19,20). The highest BCUT2D eigenvalue weighted by atomic mass is 16.4. The topological polar surface area (TPSA) is 95.1 Å². The number of carbonyl (C=O) groups excluding carboxylic acids is 1. The molecule has 1 aromatic heterocycles. The lowest BCUT2D eigenvalue weighted by Gasteiger charge is -2.25. The van der Waals surface area contributed by atoms with Crippen LogP contribution in [0.5, 0.6) is 0 Å². The molecule has 6 nitrogen and oxygen atoms in total. The number of carboxylic acids is 1. The first-order valence-corrected chi connectivity index (χ1v) is 7.15. The van der Waals surface area contributed by atoms with Gasteiger partial charge in [0.05, 0.1) is 5.92 Å². The van der Waals surface area contributed by atoms with Gasteiger partial charge in [0.25, 0.3) is 0 Å². The molecule has 1 aliphatic rings. The Labute approximate surface area is 118 Å². The van der Waals surface area contributed by atoms with Crippen molar-refractivity contribution in [1.29, 1.82) is 0 Å². The van der Waals surface area contributed by atoms with E-state index in [9.17, 15) is 9.59 Å². The number of nitrogens with zero attached hydrogens (tertiary/aromatic N) is 1. The smallest absolute Gasteiger partial charge is 0.306 e. The summed E-state index contributed by atoms with van der Waals surface area (Å²) in [6.45, 7) is 0.605. The number of aromatic nitrogens is 2. The van der Waals surface area contributed by atoms with Crippen LogP contribution < -0.4 is 5.32 Å². The van der Waals surface area contributed by atoms with Gasteiger partial charge in [-0.1, -0.05) is 6.42 Å². The monoisotopic (exact) mass is 279 g/mol. The molecule has 0 aromatic carbocycles. The lowest BCUT2D eigenvalue weighted by molar-refractivity contribution is -0.144. The Hall–Kier alpha value is -1.85. The van der Waals surface area contributed by atoms with E-state index < -0.39 is 5.97 Å². The summed E-state index contributed by atoms with van der Waals surface area (Å²) in [4.78, 5) is 30.1. The van der Waals surface area contributed by atoms with Gasteiger partial charge in [-0.25, -0.2) is 4.98 Å². The maximum absolute atomic E-state index is 12.0. The van der Waals surface area contributed by atoms with E-state index in [0.29, 0.717) is 19.4 Å². The van der Waals surface area contributed by atoms with Crippen LogP contribution in [0.3, 0.4) is 0 Å². The normalized spacial score (nSPS) is 22.4. The van der Waals surface area contributed by atoms with Gasteiger partial charge in [0.2, 0.25) is 5.91 Å². The SMILES string of the molecule is O=C(O)C1CCCC(C(=O)NCCCc2ncc[nH]2)C1. The predicted octanol–water partition coefficient (Wildman–Crippen LogP) is 1.35. The average Bonchev–Trinajstić information content (AvgIpc) is 2.96. The van der Waals surface area contributed by atoms with Crippen LogP contribution in [0.15, 0.2) is 12.4 Å². The van der Waals surface area contributed by atoms with Gasteiger partial charge in [-0.2, -0.15) is 0 Å². The minimum Gasteiger partial charge on any atom is -0.481 e. The summed E-state index contributed by atoms with van der Waals surface area (Å²) in [5, 5.41) is 11.9. The van der Waals surface area contributed by atoms with Crippen LogP contribution in [0.2, 0.25) is 0 Å². The van der Waals surface area contributed by atoms with Crippen molar-refractivity contribution in [2.24, 2.45) is 11.8 Å². The quantitative estimate of drug-likeness (QED) is 0.685. The van der Waals surface area contributed by atoms with Crippen molar-refractivity contribution in [3.63, 3.8) is 0 Å². The molecule has 6 heteroatoms. The van der Waals surface area contributed by atoms with Gasteiger partial charge in [0.15, 0.2) is 0 Å². The van der Waals surface area contributed by atoms with Crippen molar-refractivity contribution >= 4 is 11.9 Å². The van der Waals surface area contributed by atoms with Crippen molar-refractivity contribution in [1.82, 2.24) is 15.3 Å². The molecule has 1 heterocycles. The first-order valence-electron chi connectivity index (χ1n) is 7.15. The Bertz CT molecular complexity index is 445. The summed E-state index contributed by atoms with van der Waals surface area (Å²) >= 11 is 0. The van der Waals surface area contributed by atoms with Gasteiger partial charge in [-0.15, -0.1) is 0 Å². The lowest BCUT2D eigenvalue weighted by atomic mass is 9.81. The predicted molar refractivity (Wildman–Crippen MR) is 73.0 cm³/mol. The van der Waals surface area contributed by atoms with Crippen LogP contribution in [0.25, 0.3) is 0 Å². The van der Waals surface area contributed by atoms with E-state index in [1.54, 1.807) is 12.4 Å². The van der Waals surface area contributed by atoms with E-state index in [0.717, 1.165) is 31.5 Å². The number of carbonyl (C=O) groups is 2. The lowest BCUT2D eigenvalue weighted by Crippen LogP contribution is -2.36.